The fourth-order valence-corrected chi connectivity index (χ4v) is 7.96. The molecule has 65 heavy (non-hydrogen) atoms. The van der Waals surface area contributed by atoms with Gasteiger partial charge in [-0.3, -0.25) is 0 Å². The van der Waals surface area contributed by atoms with E-state index in [2.05, 4.69) is 0 Å². The van der Waals surface area contributed by atoms with Gasteiger partial charge in [-0.1, -0.05) is 36.5 Å². The van der Waals surface area contributed by atoms with Crippen LogP contribution in [0.1, 0.15) is 82.9 Å². The van der Waals surface area contributed by atoms with Crippen LogP contribution in [0.2, 0.25) is 0 Å². The summed E-state index contributed by atoms with van der Waals surface area (Å²) in [7, 11) is 0. The van der Waals surface area contributed by atoms with E-state index in [4.69, 9.17) is 18.9 Å². The van der Waals surface area contributed by atoms with Crippen molar-refractivity contribution in [3.05, 3.63) is 166 Å². The van der Waals surface area contributed by atoms with Crippen LogP contribution in [0.25, 0.3) is 0 Å². The van der Waals surface area contributed by atoms with Gasteiger partial charge in [0.1, 0.15) is 33.5 Å². The standard InChI is InChI=1S/C44H30O20S/c45-35(46)25-11-7-21(17-29(25)39(53)54)61-43(62-22-8-12-26(36(47)48)30(18-22)40(55)56)15-3-1-5-33(43)65-34-6-2-4-16-44(34,63-23-9-13-27(37(49)50)31(19-23)41(57)58)64-24-10-14-28(38(51)52)32(20-24)42(59)60/h1-20,33-34H,(H,45,46)(H,47,48)(H,49,50)(H,51,52)(H,53,54)(H,55,56)(H,57,58)(H,59,60). The van der Waals surface area contributed by atoms with Gasteiger partial charge in [0, 0.05) is 12.2 Å². The van der Waals surface area contributed by atoms with Crippen LogP contribution in [-0.2, 0) is 0 Å². The summed E-state index contributed by atoms with van der Waals surface area (Å²) in [6.45, 7) is 0. The molecule has 0 bridgehead atoms. The van der Waals surface area contributed by atoms with Gasteiger partial charge in [-0.15, -0.1) is 11.8 Å². The largest absolute Gasteiger partial charge is 0.478 e. The van der Waals surface area contributed by atoms with E-state index in [1.54, 1.807) is 0 Å². The van der Waals surface area contributed by atoms with Crippen LogP contribution in [0.3, 0.4) is 0 Å². The maximum Gasteiger partial charge on any atom is 0.336 e. The third-order valence-corrected chi connectivity index (χ3v) is 11.0. The maximum absolute atomic E-state index is 12.2. The molecule has 0 saturated heterocycles. The van der Waals surface area contributed by atoms with Gasteiger partial charge in [0.15, 0.2) is 0 Å². The highest BCUT2D eigenvalue weighted by atomic mass is 32.2. The molecule has 0 heterocycles. The van der Waals surface area contributed by atoms with E-state index in [9.17, 15) is 79.2 Å². The molecule has 332 valence electrons. The number of ether oxygens (including phenoxy) is 4. The molecule has 4 aromatic rings. The smallest absolute Gasteiger partial charge is 0.336 e. The topological polar surface area (TPSA) is 335 Å². The molecule has 0 amide bonds. The molecule has 0 aromatic heterocycles. The first kappa shape index (κ1) is 45.7. The van der Waals surface area contributed by atoms with Crippen molar-refractivity contribution in [1.29, 1.82) is 0 Å². The zero-order chi connectivity index (χ0) is 47.4. The van der Waals surface area contributed by atoms with Crippen molar-refractivity contribution < 1.29 is 98.2 Å². The maximum atomic E-state index is 12.2. The lowest BCUT2D eigenvalue weighted by Crippen LogP contribution is -2.54. The highest BCUT2D eigenvalue weighted by Gasteiger charge is 2.50. The van der Waals surface area contributed by atoms with Crippen LogP contribution < -0.4 is 18.9 Å². The fraction of sp³-hybridized carbons (Fsp3) is 0.0909. The second kappa shape index (κ2) is 18.2. The van der Waals surface area contributed by atoms with Crippen molar-refractivity contribution in [1.82, 2.24) is 0 Å². The second-order valence-corrected chi connectivity index (χ2v) is 14.9. The normalized spacial score (nSPS) is 16.4. The molecular weight excluding hydrogens is 881 g/mol. The number of benzene rings is 4. The van der Waals surface area contributed by atoms with Crippen molar-refractivity contribution in [3.63, 3.8) is 0 Å². The molecule has 21 heteroatoms. The predicted octanol–water partition coefficient (Wildman–Crippen LogP) is 6.00. The monoisotopic (exact) mass is 910 g/mol. The first-order valence-electron chi connectivity index (χ1n) is 18.3. The first-order chi connectivity index (χ1) is 30.7. The van der Waals surface area contributed by atoms with E-state index < -0.39 is 114 Å². The molecule has 2 unspecified atom stereocenters. The third kappa shape index (κ3) is 9.64. The van der Waals surface area contributed by atoms with Gasteiger partial charge < -0.3 is 59.8 Å². The van der Waals surface area contributed by atoms with E-state index >= 15 is 0 Å². The Bertz CT molecular complexity index is 2470. The van der Waals surface area contributed by atoms with Gasteiger partial charge in [0.05, 0.1) is 44.5 Å². The van der Waals surface area contributed by atoms with Crippen LogP contribution in [-0.4, -0.2) is 111 Å². The average Bonchev–Trinajstić information content (AvgIpc) is 3.24. The molecule has 2 aliphatic rings. The van der Waals surface area contributed by atoms with Gasteiger partial charge >= 0.3 is 47.8 Å². The molecule has 0 radical (unpaired) electrons. The number of allylic oxidation sites excluding steroid dienone is 4. The summed E-state index contributed by atoms with van der Waals surface area (Å²) in [5.74, 6) is -18.5. The van der Waals surface area contributed by atoms with Gasteiger partial charge in [0.25, 0.3) is 11.6 Å². The van der Waals surface area contributed by atoms with E-state index in [1.165, 1.54) is 48.6 Å². The second-order valence-electron chi connectivity index (χ2n) is 13.6. The number of carbonyl (C=O) groups is 8. The number of thioether (sulfide) groups is 1. The molecule has 0 saturated carbocycles. The van der Waals surface area contributed by atoms with Crippen molar-refractivity contribution >= 4 is 59.5 Å². The Kier molecular flexibility index (Phi) is 12.8. The summed E-state index contributed by atoms with van der Waals surface area (Å²) in [5, 5.41) is 75.8. The highest BCUT2D eigenvalue weighted by molar-refractivity contribution is 8.01. The quantitative estimate of drug-likeness (QED) is 0.0530. The first-order valence-corrected chi connectivity index (χ1v) is 19.2. The number of hydrogen-bond acceptors (Lipinski definition) is 13. The summed E-state index contributed by atoms with van der Waals surface area (Å²) in [6.07, 6.45) is 11.5. The molecular formula is C44H30O20S. The van der Waals surface area contributed by atoms with Crippen molar-refractivity contribution in [2.45, 2.75) is 22.1 Å². The third-order valence-electron chi connectivity index (χ3n) is 9.45. The van der Waals surface area contributed by atoms with Crippen LogP contribution in [0, 0.1) is 0 Å². The minimum atomic E-state index is -2.21. The summed E-state index contributed by atoms with van der Waals surface area (Å²) in [4.78, 5) is 96.4. The SMILES string of the molecule is O=C(O)c1ccc(OC2(Oc3ccc(C(=O)O)c(C(=O)O)c3)C=CC=CC2SC2C=CC=CC2(Oc2ccc(C(=O)O)c(C(=O)O)c2)Oc2ccc(C(=O)O)c(C(=O)O)c2)cc1C(=O)O. The minimum Gasteiger partial charge on any atom is -0.478 e. The number of carboxylic acid groups (broad SMARTS) is 8. The number of rotatable bonds is 18. The Hall–Kier alpha value is -8.85. The Morgan fingerprint density at radius 1 is 0.354 bits per heavy atom. The molecule has 0 aliphatic heterocycles. The Morgan fingerprint density at radius 2 is 0.585 bits per heavy atom. The van der Waals surface area contributed by atoms with Crippen LogP contribution in [0.15, 0.2) is 121 Å². The van der Waals surface area contributed by atoms with Gasteiger partial charge in [-0.2, -0.15) is 0 Å². The Labute approximate surface area is 367 Å². The zero-order valence-corrected chi connectivity index (χ0v) is 33.4. The molecule has 6 rings (SSSR count). The number of aromatic carboxylic acids is 8. The van der Waals surface area contributed by atoms with Gasteiger partial charge in [-0.05, 0) is 72.8 Å². The highest BCUT2D eigenvalue weighted by Crippen LogP contribution is 2.44. The lowest BCUT2D eigenvalue weighted by atomic mass is 10.0. The zero-order valence-electron chi connectivity index (χ0n) is 32.6. The van der Waals surface area contributed by atoms with E-state index in [0.717, 1.165) is 84.6 Å². The van der Waals surface area contributed by atoms with Crippen LogP contribution in [0.5, 0.6) is 23.0 Å². The lowest BCUT2D eigenvalue weighted by Gasteiger charge is -2.43. The van der Waals surface area contributed by atoms with Gasteiger partial charge in [-0.25, -0.2) is 38.4 Å². The summed E-state index contributed by atoms with van der Waals surface area (Å²) >= 11 is 0.889. The van der Waals surface area contributed by atoms with Crippen LogP contribution >= 0.6 is 11.8 Å². The van der Waals surface area contributed by atoms with Crippen molar-refractivity contribution in [2.24, 2.45) is 0 Å². The van der Waals surface area contributed by atoms with Gasteiger partial charge in [0.2, 0.25) is 0 Å². The van der Waals surface area contributed by atoms with Crippen LogP contribution in [0.4, 0.5) is 0 Å². The number of hydrogen-bond donors (Lipinski definition) is 8. The minimum absolute atomic E-state index is 0.296. The molecule has 20 nitrogen and oxygen atoms in total. The molecule has 2 aliphatic carbocycles. The molecule has 4 aromatic carbocycles. The van der Waals surface area contributed by atoms with Crippen molar-refractivity contribution in [3.8, 4) is 23.0 Å². The lowest BCUT2D eigenvalue weighted by molar-refractivity contribution is -0.0703. The molecule has 2 atom stereocenters. The van der Waals surface area contributed by atoms with E-state index in [-0.39, 0.29) is 23.0 Å². The average molecular weight is 911 g/mol. The van der Waals surface area contributed by atoms with Crippen molar-refractivity contribution in [2.75, 3.05) is 0 Å². The fourth-order valence-electron chi connectivity index (χ4n) is 6.55. The molecule has 8 N–H and O–H groups in total. The molecule has 0 fully saturated rings. The molecule has 0 spiro atoms. The predicted molar refractivity (Wildman–Crippen MR) is 221 cm³/mol. The Balaban J connectivity index is 1.53. The van der Waals surface area contributed by atoms with E-state index in [0.29, 0.717) is 0 Å². The Morgan fingerprint density at radius 3 is 0.800 bits per heavy atom. The summed E-state index contributed by atoms with van der Waals surface area (Å²) in [6, 6.07) is 11.8. The summed E-state index contributed by atoms with van der Waals surface area (Å²) < 4.78 is 25.6. The summed E-state index contributed by atoms with van der Waals surface area (Å²) in [5.41, 5.74) is -5.23. The van der Waals surface area contributed by atoms with E-state index in [1.807, 2.05) is 0 Å². The number of carboxylic acids is 8.